The number of pyridine rings is 1. The van der Waals surface area contributed by atoms with Crippen molar-refractivity contribution in [3.63, 3.8) is 0 Å². The highest BCUT2D eigenvalue weighted by Gasteiger charge is 2.31. The Labute approximate surface area is 192 Å². The van der Waals surface area contributed by atoms with E-state index >= 15 is 0 Å². The van der Waals surface area contributed by atoms with E-state index in [4.69, 9.17) is 0 Å². The molecule has 1 aromatic carbocycles. The van der Waals surface area contributed by atoms with E-state index in [2.05, 4.69) is 20.0 Å². The number of anilines is 1. The number of benzene rings is 1. The van der Waals surface area contributed by atoms with Crippen molar-refractivity contribution in [3.8, 4) is 11.1 Å². The molecule has 2 heterocycles. The van der Waals surface area contributed by atoms with Crippen LogP contribution in [0, 0.1) is 0 Å². The Kier molecular flexibility index (Phi) is 6.17. The number of amides is 1. The summed E-state index contributed by atoms with van der Waals surface area (Å²) >= 11 is 3.17. The van der Waals surface area contributed by atoms with Crippen molar-refractivity contribution in [1.82, 2.24) is 15.3 Å². The fourth-order valence-electron chi connectivity index (χ4n) is 2.91. The average molecular weight is 479 g/mol. The van der Waals surface area contributed by atoms with Gasteiger partial charge in [-0.1, -0.05) is 12.1 Å². The summed E-state index contributed by atoms with van der Waals surface area (Å²) in [6.07, 6.45) is 0.136. The predicted molar refractivity (Wildman–Crippen MR) is 122 cm³/mol. The van der Waals surface area contributed by atoms with Gasteiger partial charge in [0.2, 0.25) is 0 Å². The summed E-state index contributed by atoms with van der Waals surface area (Å²) in [4.78, 5) is 21.0. The number of hydrogen-bond donors (Lipinski definition) is 2. The second-order valence-corrected chi connectivity index (χ2v) is 10.0. The van der Waals surface area contributed by atoms with Crippen molar-refractivity contribution in [1.29, 1.82) is 0 Å². The minimum Gasteiger partial charge on any atom is -0.341 e. The van der Waals surface area contributed by atoms with Crippen molar-refractivity contribution >= 4 is 34.3 Å². The first kappa shape index (κ1) is 22.6. The molecule has 2 aromatic heterocycles. The van der Waals surface area contributed by atoms with Crippen molar-refractivity contribution in [2.45, 2.75) is 43.7 Å². The zero-order chi connectivity index (χ0) is 22.9. The molecule has 1 aliphatic carbocycles. The molecule has 1 fully saturated rings. The third kappa shape index (κ3) is 5.42. The minimum absolute atomic E-state index is 0.293. The molecule has 0 atom stereocenters. The number of hydrogen-bond acceptors (Lipinski definition) is 6. The first-order valence-electron chi connectivity index (χ1n) is 9.95. The molecule has 1 amide bonds. The molecule has 1 saturated carbocycles. The number of carbonyl (C=O) groups is 1. The molecule has 0 aliphatic heterocycles. The highest BCUT2D eigenvalue weighted by atomic mass is 32.2. The molecule has 3 aromatic rings. The number of alkyl halides is 3. The Hall–Kier alpha value is -2.59. The summed E-state index contributed by atoms with van der Waals surface area (Å²) in [7, 11) is 0. The summed E-state index contributed by atoms with van der Waals surface area (Å²) in [5, 5.41) is 6.35. The number of aromatic nitrogens is 2. The number of rotatable bonds is 7. The molecule has 0 radical (unpaired) electrons. The van der Waals surface area contributed by atoms with E-state index in [9.17, 15) is 18.0 Å². The number of carbonyl (C=O) groups excluding carboxylic acids is 1. The van der Waals surface area contributed by atoms with Gasteiger partial charge in [-0.2, -0.15) is 13.2 Å². The standard InChI is InChI=1S/C22H21F3N4OS2/c1-21(2,18-12-31-20(27-18)29-32-17-7-8-17)28-19(30)14-5-3-13(4-6-14)15-9-16(11-26-10-15)22(23,24)25/h3-6,9-12,17H,7-8H2,1-2H3,(H,27,29)(H,28,30). The second kappa shape index (κ2) is 8.74. The highest BCUT2D eigenvalue weighted by molar-refractivity contribution is 8.01. The molecule has 0 spiro atoms. The minimum atomic E-state index is -4.46. The average Bonchev–Trinajstić information content (AvgIpc) is 3.46. The maximum atomic E-state index is 12.9. The summed E-state index contributed by atoms with van der Waals surface area (Å²) in [5.41, 5.74) is 0.523. The van der Waals surface area contributed by atoms with Crippen molar-refractivity contribution in [3.05, 3.63) is 64.9 Å². The van der Waals surface area contributed by atoms with Crippen molar-refractivity contribution in [2.24, 2.45) is 0 Å². The van der Waals surface area contributed by atoms with Gasteiger partial charge in [0.1, 0.15) is 0 Å². The summed E-state index contributed by atoms with van der Waals surface area (Å²) in [6, 6.07) is 7.43. The van der Waals surface area contributed by atoms with Gasteiger partial charge in [0.05, 0.1) is 16.8 Å². The Morgan fingerprint density at radius 2 is 1.84 bits per heavy atom. The van der Waals surface area contributed by atoms with Crippen LogP contribution in [0.3, 0.4) is 0 Å². The van der Waals surface area contributed by atoms with Crippen molar-refractivity contribution in [2.75, 3.05) is 4.72 Å². The van der Waals surface area contributed by atoms with E-state index < -0.39 is 17.3 Å². The first-order valence-corrected chi connectivity index (χ1v) is 11.7. The number of nitrogens with one attached hydrogen (secondary N) is 2. The highest BCUT2D eigenvalue weighted by Crippen LogP contribution is 2.36. The quantitative estimate of drug-likeness (QED) is 0.401. The van der Waals surface area contributed by atoms with Gasteiger partial charge in [0.15, 0.2) is 5.13 Å². The molecule has 2 N–H and O–H groups in total. The van der Waals surface area contributed by atoms with Crippen LogP contribution in [0.5, 0.6) is 0 Å². The van der Waals surface area contributed by atoms with Crippen LogP contribution in [-0.4, -0.2) is 21.1 Å². The van der Waals surface area contributed by atoms with E-state index in [1.807, 2.05) is 19.2 Å². The van der Waals surface area contributed by atoms with E-state index in [0.29, 0.717) is 21.9 Å². The lowest BCUT2D eigenvalue weighted by atomic mass is 10.00. The lowest BCUT2D eigenvalue weighted by molar-refractivity contribution is -0.137. The third-order valence-electron chi connectivity index (χ3n) is 4.95. The molecular weight excluding hydrogens is 457 g/mol. The van der Waals surface area contributed by atoms with Crippen LogP contribution in [-0.2, 0) is 11.7 Å². The van der Waals surface area contributed by atoms with E-state index in [1.54, 1.807) is 36.2 Å². The zero-order valence-electron chi connectivity index (χ0n) is 17.4. The van der Waals surface area contributed by atoms with Gasteiger partial charge in [-0.05, 0) is 62.4 Å². The van der Waals surface area contributed by atoms with Gasteiger partial charge in [0, 0.05) is 34.2 Å². The lowest BCUT2D eigenvalue weighted by Crippen LogP contribution is -2.41. The molecule has 4 rings (SSSR count). The smallest absolute Gasteiger partial charge is 0.341 e. The summed E-state index contributed by atoms with van der Waals surface area (Å²) in [5.74, 6) is -0.293. The molecule has 5 nitrogen and oxygen atoms in total. The largest absolute Gasteiger partial charge is 0.417 e. The normalized spacial score (nSPS) is 14.3. The second-order valence-electron chi connectivity index (χ2n) is 8.07. The van der Waals surface area contributed by atoms with Gasteiger partial charge < -0.3 is 10.0 Å². The van der Waals surface area contributed by atoms with Gasteiger partial charge in [0.25, 0.3) is 5.91 Å². The molecule has 168 valence electrons. The Morgan fingerprint density at radius 3 is 2.50 bits per heavy atom. The number of nitrogens with zero attached hydrogens (tertiary/aromatic N) is 2. The van der Waals surface area contributed by atoms with Crippen LogP contribution in [0.15, 0.2) is 48.1 Å². The fraction of sp³-hybridized carbons (Fsp3) is 0.318. The van der Waals surface area contributed by atoms with Crippen LogP contribution in [0.4, 0.5) is 18.3 Å². The Bertz CT molecular complexity index is 1110. The fourth-order valence-corrected chi connectivity index (χ4v) is 4.66. The van der Waals surface area contributed by atoms with Gasteiger partial charge in [-0.3, -0.25) is 9.78 Å². The maximum absolute atomic E-state index is 12.9. The van der Waals surface area contributed by atoms with E-state index in [1.165, 1.54) is 30.4 Å². The number of thiazole rings is 1. The van der Waals surface area contributed by atoms with E-state index in [-0.39, 0.29) is 5.91 Å². The Balaban J connectivity index is 1.43. The topological polar surface area (TPSA) is 66.9 Å². The van der Waals surface area contributed by atoms with Gasteiger partial charge >= 0.3 is 6.18 Å². The lowest BCUT2D eigenvalue weighted by Gasteiger charge is -2.24. The third-order valence-corrected chi connectivity index (χ3v) is 6.96. The molecule has 0 bridgehead atoms. The van der Waals surface area contributed by atoms with Gasteiger partial charge in [-0.15, -0.1) is 11.3 Å². The predicted octanol–water partition coefficient (Wildman–Crippen LogP) is 6.11. The maximum Gasteiger partial charge on any atom is 0.417 e. The van der Waals surface area contributed by atoms with E-state index in [0.717, 1.165) is 23.1 Å². The molecule has 10 heteroatoms. The van der Waals surface area contributed by atoms with Crippen LogP contribution in [0.1, 0.15) is 48.3 Å². The van der Waals surface area contributed by atoms with Crippen molar-refractivity contribution < 1.29 is 18.0 Å². The molecule has 0 unspecified atom stereocenters. The van der Waals surface area contributed by atoms with Crippen LogP contribution >= 0.6 is 23.3 Å². The van der Waals surface area contributed by atoms with Crippen LogP contribution in [0.2, 0.25) is 0 Å². The van der Waals surface area contributed by atoms with Gasteiger partial charge in [-0.25, -0.2) is 4.98 Å². The molecule has 32 heavy (non-hydrogen) atoms. The molecular formula is C22H21F3N4OS2. The molecule has 0 saturated heterocycles. The molecule has 1 aliphatic rings. The Morgan fingerprint density at radius 1 is 1.12 bits per heavy atom. The van der Waals surface area contributed by atoms with Crippen LogP contribution < -0.4 is 10.0 Å². The monoisotopic (exact) mass is 478 g/mol. The summed E-state index contributed by atoms with van der Waals surface area (Å²) in [6.45, 7) is 3.75. The summed E-state index contributed by atoms with van der Waals surface area (Å²) < 4.78 is 42.0. The van der Waals surface area contributed by atoms with Crippen LogP contribution in [0.25, 0.3) is 11.1 Å². The first-order chi connectivity index (χ1) is 15.1. The zero-order valence-corrected chi connectivity index (χ0v) is 19.0. The SMILES string of the molecule is CC(C)(NC(=O)c1ccc(-c2cncc(C(F)(F)F)c2)cc1)c1csc(NSC2CC2)n1. The number of halogens is 3.